The molecular formula is C18H17N3O4. The molecule has 0 spiro atoms. The van der Waals surface area contributed by atoms with Crippen LogP contribution in [0.4, 0.5) is 0 Å². The maximum atomic E-state index is 12.6. The first kappa shape index (κ1) is 15.4. The fraction of sp³-hybridized carbons (Fsp3) is 0.278. The maximum Gasteiger partial charge on any atom is 0.257 e. The Balaban J connectivity index is 1.57. The molecule has 0 radical (unpaired) electrons. The van der Waals surface area contributed by atoms with Crippen molar-refractivity contribution in [2.24, 2.45) is 0 Å². The molecule has 3 aromatic rings. The summed E-state index contributed by atoms with van der Waals surface area (Å²) in [6.45, 7) is 0.662. The van der Waals surface area contributed by atoms with E-state index >= 15 is 0 Å². The van der Waals surface area contributed by atoms with Crippen LogP contribution in [0.3, 0.4) is 0 Å². The lowest BCUT2D eigenvalue weighted by Gasteiger charge is -2.20. The number of methoxy groups -OCH3 is 1. The van der Waals surface area contributed by atoms with Crippen molar-refractivity contribution in [3.8, 4) is 17.1 Å². The summed E-state index contributed by atoms with van der Waals surface area (Å²) in [6, 6.07) is 8.88. The number of aromatic nitrogens is 2. The molecule has 2 aromatic heterocycles. The maximum absolute atomic E-state index is 12.6. The molecule has 0 aliphatic carbocycles. The molecule has 7 heteroatoms. The number of carbonyl (C=O) groups is 1. The Morgan fingerprint density at radius 1 is 1.28 bits per heavy atom. The summed E-state index contributed by atoms with van der Waals surface area (Å²) in [6.07, 6.45) is 4.64. The van der Waals surface area contributed by atoms with Gasteiger partial charge in [-0.2, -0.15) is 4.98 Å². The quantitative estimate of drug-likeness (QED) is 0.725. The van der Waals surface area contributed by atoms with E-state index in [1.54, 1.807) is 18.1 Å². The van der Waals surface area contributed by atoms with Crippen molar-refractivity contribution in [3.63, 3.8) is 0 Å². The fourth-order valence-electron chi connectivity index (χ4n) is 3.05. The summed E-state index contributed by atoms with van der Waals surface area (Å²) in [5, 5.41) is 4.06. The zero-order chi connectivity index (χ0) is 17.2. The molecule has 3 heterocycles. The van der Waals surface area contributed by atoms with Crippen molar-refractivity contribution < 1.29 is 18.5 Å². The number of amides is 1. The third kappa shape index (κ3) is 2.88. The van der Waals surface area contributed by atoms with Gasteiger partial charge in [0.05, 0.1) is 18.9 Å². The molecule has 0 bridgehead atoms. The molecule has 1 aliphatic heterocycles. The van der Waals surface area contributed by atoms with Crippen molar-refractivity contribution >= 4 is 5.91 Å². The van der Waals surface area contributed by atoms with Gasteiger partial charge in [0.25, 0.3) is 5.91 Å². The summed E-state index contributed by atoms with van der Waals surface area (Å²) in [7, 11) is 1.62. The van der Waals surface area contributed by atoms with Crippen molar-refractivity contribution in [2.75, 3.05) is 13.7 Å². The number of rotatable bonds is 4. The lowest BCUT2D eigenvalue weighted by molar-refractivity contribution is 0.0709. The number of hydrogen-bond acceptors (Lipinski definition) is 6. The lowest BCUT2D eigenvalue weighted by atomic mass is 10.2. The van der Waals surface area contributed by atoms with E-state index in [1.165, 1.54) is 12.5 Å². The summed E-state index contributed by atoms with van der Waals surface area (Å²) < 4.78 is 15.6. The second kappa shape index (κ2) is 6.43. The Bertz CT molecular complexity index is 855. The topological polar surface area (TPSA) is 81.6 Å². The molecule has 0 unspecified atom stereocenters. The minimum absolute atomic E-state index is 0.0829. The van der Waals surface area contributed by atoms with E-state index in [2.05, 4.69) is 10.1 Å². The van der Waals surface area contributed by atoms with E-state index in [9.17, 15) is 4.79 Å². The van der Waals surface area contributed by atoms with Crippen LogP contribution < -0.4 is 4.74 Å². The van der Waals surface area contributed by atoms with Crippen LogP contribution in [0.25, 0.3) is 11.4 Å². The van der Waals surface area contributed by atoms with Gasteiger partial charge in [-0.15, -0.1) is 0 Å². The van der Waals surface area contributed by atoms with E-state index in [0.717, 1.165) is 24.2 Å². The van der Waals surface area contributed by atoms with E-state index in [-0.39, 0.29) is 11.9 Å². The standard InChI is InChI=1S/C18H17N3O4/c1-23-14-6-4-12(5-7-14)16-19-17(25-20-16)15-3-2-9-21(15)18(22)13-8-10-24-11-13/h4-8,10-11,15H,2-3,9H2,1H3/t15-/m1/s1. The molecule has 128 valence electrons. The third-order valence-corrected chi connectivity index (χ3v) is 4.36. The van der Waals surface area contributed by atoms with Crippen molar-refractivity contribution in [2.45, 2.75) is 18.9 Å². The number of likely N-dealkylation sites (tertiary alicyclic amines) is 1. The Kier molecular flexibility index (Phi) is 3.97. The molecule has 0 N–H and O–H groups in total. The largest absolute Gasteiger partial charge is 0.497 e. The number of benzene rings is 1. The lowest BCUT2D eigenvalue weighted by Crippen LogP contribution is -2.30. The monoisotopic (exact) mass is 339 g/mol. The second-order valence-electron chi connectivity index (χ2n) is 5.85. The highest BCUT2D eigenvalue weighted by molar-refractivity contribution is 5.94. The Morgan fingerprint density at radius 3 is 2.84 bits per heavy atom. The summed E-state index contributed by atoms with van der Waals surface area (Å²) in [5.74, 6) is 1.64. The highest BCUT2D eigenvalue weighted by atomic mass is 16.5. The van der Waals surface area contributed by atoms with Crippen LogP contribution in [0, 0.1) is 0 Å². The number of hydrogen-bond donors (Lipinski definition) is 0. The third-order valence-electron chi connectivity index (χ3n) is 4.36. The summed E-state index contributed by atoms with van der Waals surface area (Å²) in [5.41, 5.74) is 1.36. The van der Waals surface area contributed by atoms with Crippen LogP contribution in [0.1, 0.15) is 35.1 Å². The average molecular weight is 339 g/mol. The van der Waals surface area contributed by atoms with Gasteiger partial charge < -0.3 is 18.6 Å². The molecule has 7 nitrogen and oxygen atoms in total. The van der Waals surface area contributed by atoms with E-state index in [0.29, 0.717) is 23.8 Å². The van der Waals surface area contributed by atoms with Crippen LogP contribution in [0.15, 0.2) is 51.8 Å². The Labute approximate surface area is 144 Å². The van der Waals surface area contributed by atoms with Gasteiger partial charge in [-0.05, 0) is 43.2 Å². The van der Waals surface area contributed by atoms with E-state index in [1.807, 2.05) is 24.3 Å². The van der Waals surface area contributed by atoms with E-state index in [4.69, 9.17) is 13.7 Å². The predicted octanol–water partition coefficient (Wildman–Crippen LogP) is 3.32. The zero-order valence-corrected chi connectivity index (χ0v) is 13.7. The molecule has 1 saturated heterocycles. The predicted molar refractivity (Wildman–Crippen MR) is 88.0 cm³/mol. The van der Waals surface area contributed by atoms with Gasteiger partial charge in [-0.1, -0.05) is 5.16 Å². The molecule has 4 rings (SSSR count). The van der Waals surface area contributed by atoms with Crippen LogP contribution in [-0.4, -0.2) is 34.6 Å². The minimum Gasteiger partial charge on any atom is -0.497 e. The Hall–Kier alpha value is -3.09. The van der Waals surface area contributed by atoms with Gasteiger partial charge >= 0.3 is 0 Å². The van der Waals surface area contributed by atoms with E-state index < -0.39 is 0 Å². The molecule has 0 saturated carbocycles. The summed E-state index contributed by atoms with van der Waals surface area (Å²) in [4.78, 5) is 18.9. The zero-order valence-electron chi connectivity index (χ0n) is 13.7. The molecule has 25 heavy (non-hydrogen) atoms. The smallest absolute Gasteiger partial charge is 0.257 e. The number of nitrogens with zero attached hydrogens (tertiary/aromatic N) is 3. The molecule has 1 aromatic carbocycles. The normalized spacial score (nSPS) is 17.0. The first-order valence-electron chi connectivity index (χ1n) is 8.07. The molecule has 1 fully saturated rings. The number of ether oxygens (including phenoxy) is 1. The highest BCUT2D eigenvalue weighted by Gasteiger charge is 2.34. The van der Waals surface area contributed by atoms with Crippen molar-refractivity contribution in [1.82, 2.24) is 15.0 Å². The van der Waals surface area contributed by atoms with Gasteiger partial charge in [0.2, 0.25) is 11.7 Å². The van der Waals surface area contributed by atoms with Crippen molar-refractivity contribution in [1.29, 1.82) is 0 Å². The van der Waals surface area contributed by atoms with Crippen molar-refractivity contribution in [3.05, 3.63) is 54.3 Å². The van der Waals surface area contributed by atoms with Crippen LogP contribution in [0.2, 0.25) is 0 Å². The number of carbonyl (C=O) groups excluding carboxylic acids is 1. The number of furan rings is 1. The average Bonchev–Trinajstić information content (AvgIpc) is 3.42. The van der Waals surface area contributed by atoms with Crippen LogP contribution >= 0.6 is 0 Å². The molecule has 1 amide bonds. The minimum atomic E-state index is -0.207. The summed E-state index contributed by atoms with van der Waals surface area (Å²) >= 11 is 0. The molecule has 1 aliphatic rings. The van der Waals surface area contributed by atoms with Gasteiger partial charge in [-0.3, -0.25) is 4.79 Å². The van der Waals surface area contributed by atoms with Gasteiger partial charge in [0.1, 0.15) is 18.1 Å². The van der Waals surface area contributed by atoms with Gasteiger partial charge in [0.15, 0.2) is 0 Å². The second-order valence-corrected chi connectivity index (χ2v) is 5.85. The SMILES string of the molecule is COc1ccc(-c2noc([C@H]3CCCN3C(=O)c3ccoc3)n2)cc1. The fourth-order valence-corrected chi connectivity index (χ4v) is 3.05. The molecule has 1 atom stereocenters. The first-order valence-corrected chi connectivity index (χ1v) is 8.07. The van der Waals surface area contributed by atoms with Crippen LogP contribution in [0.5, 0.6) is 5.75 Å². The Morgan fingerprint density at radius 2 is 2.12 bits per heavy atom. The van der Waals surface area contributed by atoms with Gasteiger partial charge in [-0.25, -0.2) is 0 Å². The van der Waals surface area contributed by atoms with Gasteiger partial charge in [0, 0.05) is 12.1 Å². The highest BCUT2D eigenvalue weighted by Crippen LogP contribution is 2.33. The first-order chi connectivity index (χ1) is 12.3. The van der Waals surface area contributed by atoms with Crippen LogP contribution in [-0.2, 0) is 0 Å². The molecular weight excluding hydrogens is 322 g/mol.